The van der Waals surface area contributed by atoms with Crippen LogP contribution in [0, 0.1) is 11.3 Å². The lowest BCUT2D eigenvalue weighted by Crippen LogP contribution is -2.48. The second-order valence-corrected chi connectivity index (χ2v) is 7.83. The molecule has 0 radical (unpaired) electrons. The molecule has 174 valence electrons. The Morgan fingerprint density at radius 1 is 1.09 bits per heavy atom. The third-order valence-corrected chi connectivity index (χ3v) is 4.24. The van der Waals surface area contributed by atoms with Gasteiger partial charge in [-0.1, -0.05) is 31.2 Å². The van der Waals surface area contributed by atoms with Gasteiger partial charge in [0, 0.05) is 0 Å². The third kappa shape index (κ3) is 8.63. The van der Waals surface area contributed by atoms with E-state index in [4.69, 9.17) is 4.74 Å². The second kappa shape index (κ2) is 12.3. The van der Waals surface area contributed by atoms with E-state index in [1.165, 1.54) is 7.11 Å². The number of benzene rings is 1. The molecule has 1 aromatic carbocycles. The van der Waals surface area contributed by atoms with Crippen LogP contribution in [0.4, 0.5) is 4.79 Å². The number of alkyl carbamates (subject to hydrolysis) is 1. The largest absolute Gasteiger partial charge is 0.468 e. The van der Waals surface area contributed by atoms with Crippen molar-refractivity contribution in [2.45, 2.75) is 45.8 Å². The lowest BCUT2D eigenvalue weighted by atomic mass is 10.0. The molecule has 0 aromatic heterocycles. The molecule has 3 amide bonds. The number of hydrogen-bond acceptors (Lipinski definition) is 7. The van der Waals surface area contributed by atoms with Crippen molar-refractivity contribution >= 4 is 23.9 Å². The van der Waals surface area contributed by atoms with E-state index in [2.05, 4.69) is 15.4 Å². The lowest BCUT2D eigenvalue weighted by molar-refractivity contribution is -0.143. The Morgan fingerprint density at radius 3 is 2.22 bits per heavy atom. The van der Waals surface area contributed by atoms with E-state index in [1.54, 1.807) is 32.9 Å². The molecule has 0 bridgehead atoms. The number of carbonyl (C=O) groups is 4. The van der Waals surface area contributed by atoms with E-state index in [9.17, 15) is 24.4 Å². The zero-order chi connectivity index (χ0) is 24.3. The summed E-state index contributed by atoms with van der Waals surface area (Å²) in [5.74, 6) is -2.00. The van der Waals surface area contributed by atoms with E-state index in [0.29, 0.717) is 5.56 Å². The maximum atomic E-state index is 12.9. The molecule has 1 rings (SSSR count). The average Bonchev–Trinajstić information content (AvgIpc) is 2.74. The summed E-state index contributed by atoms with van der Waals surface area (Å²) in [6, 6.07) is 7.65. The zero-order valence-electron chi connectivity index (χ0n) is 19.1. The average molecular weight is 447 g/mol. The fourth-order valence-electron chi connectivity index (χ4n) is 2.70. The van der Waals surface area contributed by atoms with Crippen molar-refractivity contribution < 1.29 is 28.7 Å². The molecule has 0 spiro atoms. The molecule has 0 saturated heterocycles. The van der Waals surface area contributed by atoms with Gasteiger partial charge in [0.25, 0.3) is 0 Å². The topological polar surface area (TPSA) is 138 Å². The minimum Gasteiger partial charge on any atom is -0.468 e. The van der Waals surface area contributed by atoms with Crippen LogP contribution in [0.5, 0.6) is 0 Å². The highest BCUT2D eigenvalue weighted by molar-refractivity contribution is 5.92. The van der Waals surface area contributed by atoms with Crippen molar-refractivity contribution in [3.05, 3.63) is 35.4 Å². The fraction of sp³-hybridized carbons (Fsp3) is 0.500. The maximum Gasteiger partial charge on any atom is 0.408 e. The molecule has 0 aliphatic carbocycles. The normalized spacial score (nSPS) is 11.5. The third-order valence-electron chi connectivity index (χ3n) is 4.24. The number of esters is 1. The van der Waals surface area contributed by atoms with Crippen molar-refractivity contribution in [3.8, 4) is 6.07 Å². The van der Waals surface area contributed by atoms with Crippen LogP contribution in [0.1, 0.15) is 44.9 Å². The van der Waals surface area contributed by atoms with Crippen LogP contribution < -0.4 is 10.6 Å². The van der Waals surface area contributed by atoms with Crippen molar-refractivity contribution in [1.82, 2.24) is 15.5 Å². The van der Waals surface area contributed by atoms with E-state index in [-0.39, 0.29) is 0 Å². The Balaban J connectivity index is 3.14. The SMILES string of the molecule is CCc1ccc(C(C(=O)NCC(=O)OC)N(CC#N)C(=O)CNC(=O)OC(C)(C)C)cc1. The molecule has 32 heavy (non-hydrogen) atoms. The summed E-state index contributed by atoms with van der Waals surface area (Å²) in [6.07, 6.45) is -0.0260. The summed E-state index contributed by atoms with van der Waals surface area (Å²) in [4.78, 5) is 50.2. The summed E-state index contributed by atoms with van der Waals surface area (Å²) < 4.78 is 9.64. The number of hydrogen-bond donors (Lipinski definition) is 2. The number of nitrogens with one attached hydrogen (secondary N) is 2. The number of nitrogens with zero attached hydrogens (tertiary/aromatic N) is 2. The first-order valence-corrected chi connectivity index (χ1v) is 10.1. The molecular formula is C22H30N4O6. The summed E-state index contributed by atoms with van der Waals surface area (Å²) in [7, 11) is 1.18. The van der Waals surface area contributed by atoms with Crippen LogP contribution in [-0.4, -0.2) is 61.1 Å². The highest BCUT2D eigenvalue weighted by Crippen LogP contribution is 2.22. The predicted molar refractivity (Wildman–Crippen MR) is 115 cm³/mol. The summed E-state index contributed by atoms with van der Waals surface area (Å²) in [5.41, 5.74) is 0.717. The van der Waals surface area contributed by atoms with Crippen LogP contribution in [0.15, 0.2) is 24.3 Å². The molecule has 1 unspecified atom stereocenters. The van der Waals surface area contributed by atoms with Crippen LogP contribution in [-0.2, 0) is 30.3 Å². The van der Waals surface area contributed by atoms with Gasteiger partial charge in [-0.05, 0) is 38.3 Å². The Morgan fingerprint density at radius 2 is 1.72 bits per heavy atom. The van der Waals surface area contributed by atoms with Gasteiger partial charge >= 0.3 is 12.1 Å². The van der Waals surface area contributed by atoms with Crippen LogP contribution in [0.3, 0.4) is 0 Å². The van der Waals surface area contributed by atoms with Crippen molar-refractivity contribution in [3.63, 3.8) is 0 Å². The first-order chi connectivity index (χ1) is 15.0. The molecule has 2 N–H and O–H groups in total. The molecule has 1 aromatic rings. The van der Waals surface area contributed by atoms with Gasteiger partial charge in [-0.25, -0.2) is 4.79 Å². The van der Waals surface area contributed by atoms with Crippen molar-refractivity contribution in [2.75, 3.05) is 26.7 Å². The quantitative estimate of drug-likeness (QED) is 0.432. The first-order valence-electron chi connectivity index (χ1n) is 10.1. The standard InChI is InChI=1S/C22H30N4O6/c1-6-15-7-9-16(10-8-15)19(20(29)24-14-18(28)31-5)26(12-11-23)17(27)13-25-21(30)32-22(2,3)4/h7-10,19H,6,12-14H2,1-5H3,(H,24,29)(H,25,30). The zero-order valence-corrected chi connectivity index (χ0v) is 19.1. The van der Waals surface area contributed by atoms with Gasteiger partial charge in [-0.2, -0.15) is 5.26 Å². The smallest absolute Gasteiger partial charge is 0.408 e. The molecule has 0 aliphatic heterocycles. The van der Waals surface area contributed by atoms with Gasteiger partial charge in [0.1, 0.15) is 31.3 Å². The maximum absolute atomic E-state index is 12.9. The predicted octanol–water partition coefficient (Wildman–Crippen LogP) is 1.46. The van der Waals surface area contributed by atoms with Gasteiger partial charge in [0.15, 0.2) is 0 Å². The van der Waals surface area contributed by atoms with Gasteiger partial charge in [0.05, 0.1) is 13.2 Å². The highest BCUT2D eigenvalue weighted by atomic mass is 16.6. The number of carbonyl (C=O) groups excluding carboxylic acids is 4. The molecule has 10 nitrogen and oxygen atoms in total. The lowest BCUT2D eigenvalue weighted by Gasteiger charge is -2.29. The Kier molecular flexibility index (Phi) is 10.2. The van der Waals surface area contributed by atoms with Gasteiger partial charge in [0.2, 0.25) is 11.8 Å². The van der Waals surface area contributed by atoms with E-state index >= 15 is 0 Å². The number of amides is 3. The second-order valence-electron chi connectivity index (χ2n) is 7.83. The highest BCUT2D eigenvalue weighted by Gasteiger charge is 2.32. The van der Waals surface area contributed by atoms with E-state index in [1.807, 2.05) is 25.1 Å². The molecule has 0 saturated carbocycles. The van der Waals surface area contributed by atoms with Gasteiger partial charge in [-0.3, -0.25) is 14.4 Å². The number of nitriles is 1. The number of rotatable bonds is 9. The fourth-order valence-corrected chi connectivity index (χ4v) is 2.70. The van der Waals surface area contributed by atoms with Crippen molar-refractivity contribution in [2.24, 2.45) is 0 Å². The number of ether oxygens (including phenoxy) is 2. The molecular weight excluding hydrogens is 416 g/mol. The first kappa shape index (κ1) is 26.4. The number of methoxy groups -OCH3 is 1. The van der Waals surface area contributed by atoms with E-state index in [0.717, 1.165) is 16.9 Å². The van der Waals surface area contributed by atoms with E-state index < -0.39 is 55.2 Å². The molecule has 0 aliphatic rings. The van der Waals surface area contributed by atoms with Gasteiger partial charge < -0.3 is 25.0 Å². The molecule has 1 atom stereocenters. The van der Waals surface area contributed by atoms with Crippen LogP contribution in [0.25, 0.3) is 0 Å². The van der Waals surface area contributed by atoms with Crippen LogP contribution >= 0.6 is 0 Å². The van der Waals surface area contributed by atoms with Gasteiger partial charge in [-0.15, -0.1) is 0 Å². The Hall–Kier alpha value is -3.61. The molecule has 10 heteroatoms. The minimum absolute atomic E-state index is 0.399. The van der Waals surface area contributed by atoms with Crippen molar-refractivity contribution in [1.29, 1.82) is 5.26 Å². The summed E-state index contributed by atoms with van der Waals surface area (Å²) >= 11 is 0. The summed E-state index contributed by atoms with van der Waals surface area (Å²) in [6.45, 7) is 5.71. The Bertz CT molecular complexity index is 855. The Labute approximate surface area is 187 Å². The van der Waals surface area contributed by atoms with Crippen LogP contribution in [0.2, 0.25) is 0 Å². The number of aryl methyl sites for hydroxylation is 1. The minimum atomic E-state index is -1.20. The molecule has 0 heterocycles. The summed E-state index contributed by atoms with van der Waals surface area (Å²) in [5, 5.41) is 14.0. The molecule has 0 fully saturated rings. The monoisotopic (exact) mass is 446 g/mol.